The Kier molecular flexibility index (Phi) is 3.87. The van der Waals surface area contributed by atoms with Gasteiger partial charge in [0.05, 0.1) is 6.42 Å². The second kappa shape index (κ2) is 5.40. The zero-order valence-corrected chi connectivity index (χ0v) is 10.7. The number of primary amides is 1. The van der Waals surface area contributed by atoms with E-state index in [1.807, 2.05) is 12.1 Å². The van der Waals surface area contributed by atoms with Crippen molar-refractivity contribution in [1.82, 2.24) is 4.90 Å². The summed E-state index contributed by atoms with van der Waals surface area (Å²) in [5.74, 6) is -0.476. The van der Waals surface area contributed by atoms with Crippen LogP contribution in [0, 0.1) is 0 Å². The first-order chi connectivity index (χ1) is 8.58. The molecule has 1 aromatic carbocycles. The lowest BCUT2D eigenvalue weighted by molar-refractivity contribution is -0.136. The number of carbonyl (C=O) groups is 2. The first-order valence-electron chi connectivity index (χ1n) is 5.91. The number of hydrogen-bond acceptors (Lipinski definition) is 2. The van der Waals surface area contributed by atoms with Crippen LogP contribution in [0.4, 0.5) is 0 Å². The number of carbonyl (C=O) groups excluding carboxylic acids is 2. The number of nitrogens with zero attached hydrogens (tertiary/aromatic N) is 1. The molecule has 0 aromatic heterocycles. The Morgan fingerprint density at radius 1 is 1.33 bits per heavy atom. The summed E-state index contributed by atoms with van der Waals surface area (Å²) in [7, 11) is 0. The van der Waals surface area contributed by atoms with Gasteiger partial charge in [0, 0.05) is 11.6 Å². The second-order valence-corrected chi connectivity index (χ2v) is 4.89. The van der Waals surface area contributed by atoms with Crippen molar-refractivity contribution in [2.75, 3.05) is 6.54 Å². The van der Waals surface area contributed by atoms with Crippen molar-refractivity contribution in [3.05, 3.63) is 34.9 Å². The van der Waals surface area contributed by atoms with Crippen molar-refractivity contribution in [2.24, 2.45) is 5.73 Å². The summed E-state index contributed by atoms with van der Waals surface area (Å²) in [6.45, 7) is 0.611. The normalized spacial score (nSPS) is 18.9. The number of rotatable bonds is 3. The van der Waals surface area contributed by atoms with Crippen LogP contribution >= 0.6 is 11.6 Å². The van der Waals surface area contributed by atoms with Crippen LogP contribution in [0.2, 0.25) is 5.02 Å². The minimum absolute atomic E-state index is 0.0568. The van der Waals surface area contributed by atoms with Gasteiger partial charge in [0.25, 0.3) is 0 Å². The molecule has 1 aliphatic rings. The molecule has 1 unspecified atom stereocenters. The molecule has 18 heavy (non-hydrogen) atoms. The van der Waals surface area contributed by atoms with Gasteiger partial charge in [0.15, 0.2) is 0 Å². The number of benzene rings is 1. The van der Waals surface area contributed by atoms with E-state index in [4.69, 9.17) is 17.3 Å². The molecule has 0 radical (unpaired) electrons. The van der Waals surface area contributed by atoms with Crippen LogP contribution in [-0.4, -0.2) is 29.3 Å². The van der Waals surface area contributed by atoms with Gasteiger partial charge >= 0.3 is 0 Å². The highest BCUT2D eigenvalue weighted by molar-refractivity contribution is 6.30. The Bertz CT molecular complexity index is 459. The summed E-state index contributed by atoms with van der Waals surface area (Å²) < 4.78 is 0. The SMILES string of the molecule is NC(=O)C1CCCN1C(=O)Cc1ccc(Cl)cc1. The maximum absolute atomic E-state index is 12.1. The van der Waals surface area contributed by atoms with Crippen molar-refractivity contribution in [3.8, 4) is 0 Å². The molecule has 0 bridgehead atoms. The van der Waals surface area contributed by atoms with Gasteiger partial charge in [-0.1, -0.05) is 23.7 Å². The highest BCUT2D eigenvalue weighted by Gasteiger charge is 2.32. The summed E-state index contributed by atoms with van der Waals surface area (Å²) in [5.41, 5.74) is 6.18. The monoisotopic (exact) mass is 266 g/mol. The second-order valence-electron chi connectivity index (χ2n) is 4.45. The molecule has 1 heterocycles. The molecule has 1 saturated heterocycles. The number of likely N-dealkylation sites (tertiary alicyclic amines) is 1. The third kappa shape index (κ3) is 2.82. The molecule has 0 saturated carbocycles. The third-order valence-electron chi connectivity index (χ3n) is 3.17. The predicted octanol–water partition coefficient (Wildman–Crippen LogP) is 1.36. The molecule has 1 fully saturated rings. The van der Waals surface area contributed by atoms with Crippen molar-refractivity contribution in [3.63, 3.8) is 0 Å². The van der Waals surface area contributed by atoms with Gasteiger partial charge in [-0.05, 0) is 30.5 Å². The quantitative estimate of drug-likeness (QED) is 0.898. The van der Waals surface area contributed by atoms with Crippen LogP contribution < -0.4 is 5.73 Å². The maximum atomic E-state index is 12.1. The van der Waals surface area contributed by atoms with Gasteiger partial charge in [0.1, 0.15) is 6.04 Å². The molecule has 0 aliphatic carbocycles. The molecule has 2 rings (SSSR count). The topological polar surface area (TPSA) is 63.4 Å². The van der Waals surface area contributed by atoms with E-state index in [2.05, 4.69) is 0 Å². The zero-order chi connectivity index (χ0) is 13.1. The average molecular weight is 267 g/mol. The lowest BCUT2D eigenvalue weighted by atomic mass is 10.1. The molecule has 4 nitrogen and oxygen atoms in total. The van der Waals surface area contributed by atoms with Gasteiger partial charge in [-0.2, -0.15) is 0 Å². The standard InChI is InChI=1S/C13H15ClN2O2/c14-10-5-3-9(4-6-10)8-12(17)16-7-1-2-11(16)13(15)18/h3-6,11H,1-2,7-8H2,(H2,15,18). The van der Waals surface area contributed by atoms with Gasteiger partial charge in [-0.25, -0.2) is 0 Å². The summed E-state index contributed by atoms with van der Waals surface area (Å²) in [5, 5.41) is 0.641. The number of amides is 2. The van der Waals surface area contributed by atoms with Crippen LogP contribution in [0.25, 0.3) is 0 Å². The molecule has 1 atom stereocenters. The van der Waals surface area contributed by atoms with E-state index in [0.29, 0.717) is 18.0 Å². The highest BCUT2D eigenvalue weighted by Crippen LogP contribution is 2.19. The number of halogens is 1. The van der Waals surface area contributed by atoms with Crippen molar-refractivity contribution < 1.29 is 9.59 Å². The molecular weight excluding hydrogens is 252 g/mol. The van der Waals surface area contributed by atoms with Crippen LogP contribution in [0.5, 0.6) is 0 Å². The molecule has 5 heteroatoms. The fraction of sp³-hybridized carbons (Fsp3) is 0.385. The van der Waals surface area contributed by atoms with E-state index >= 15 is 0 Å². The molecule has 96 valence electrons. The third-order valence-corrected chi connectivity index (χ3v) is 3.42. The highest BCUT2D eigenvalue weighted by atomic mass is 35.5. The molecule has 1 aliphatic heterocycles. The fourth-order valence-corrected chi connectivity index (χ4v) is 2.37. The Hall–Kier alpha value is -1.55. The Morgan fingerprint density at radius 2 is 2.00 bits per heavy atom. The molecular formula is C13H15ClN2O2. The average Bonchev–Trinajstić information content (AvgIpc) is 2.81. The van der Waals surface area contributed by atoms with E-state index in [9.17, 15) is 9.59 Å². The predicted molar refractivity (Wildman–Crippen MR) is 69.1 cm³/mol. The van der Waals surface area contributed by atoms with Gasteiger partial charge in [0.2, 0.25) is 11.8 Å². The smallest absolute Gasteiger partial charge is 0.240 e. The van der Waals surface area contributed by atoms with Crippen LogP contribution in [0.3, 0.4) is 0 Å². The summed E-state index contributed by atoms with van der Waals surface area (Å²) in [6, 6.07) is 6.69. The first-order valence-corrected chi connectivity index (χ1v) is 6.29. The summed E-state index contributed by atoms with van der Waals surface area (Å²) in [4.78, 5) is 24.9. The van der Waals surface area contributed by atoms with Crippen molar-refractivity contribution in [2.45, 2.75) is 25.3 Å². The van der Waals surface area contributed by atoms with Gasteiger partial charge in [-0.3, -0.25) is 9.59 Å². The molecule has 2 N–H and O–H groups in total. The lowest BCUT2D eigenvalue weighted by Gasteiger charge is -2.22. The molecule has 0 spiro atoms. The lowest BCUT2D eigenvalue weighted by Crippen LogP contribution is -2.44. The molecule has 1 aromatic rings. The Morgan fingerprint density at radius 3 is 2.61 bits per heavy atom. The van der Waals surface area contributed by atoms with Crippen LogP contribution in [0.1, 0.15) is 18.4 Å². The van der Waals surface area contributed by atoms with Crippen molar-refractivity contribution in [1.29, 1.82) is 0 Å². The van der Waals surface area contributed by atoms with Crippen LogP contribution in [-0.2, 0) is 16.0 Å². The minimum Gasteiger partial charge on any atom is -0.368 e. The maximum Gasteiger partial charge on any atom is 0.240 e. The summed E-state index contributed by atoms with van der Waals surface area (Å²) >= 11 is 5.78. The van der Waals surface area contributed by atoms with E-state index < -0.39 is 11.9 Å². The Balaban J connectivity index is 2.03. The van der Waals surface area contributed by atoms with Crippen LogP contribution in [0.15, 0.2) is 24.3 Å². The van der Waals surface area contributed by atoms with Crippen molar-refractivity contribution >= 4 is 23.4 Å². The largest absolute Gasteiger partial charge is 0.368 e. The van der Waals surface area contributed by atoms with E-state index in [0.717, 1.165) is 12.0 Å². The minimum atomic E-state index is -0.440. The van der Waals surface area contributed by atoms with Gasteiger partial charge in [-0.15, -0.1) is 0 Å². The van der Waals surface area contributed by atoms with Gasteiger partial charge < -0.3 is 10.6 Å². The van der Waals surface area contributed by atoms with E-state index in [-0.39, 0.29) is 12.3 Å². The first kappa shape index (κ1) is 12.9. The van der Waals surface area contributed by atoms with E-state index in [1.165, 1.54) is 0 Å². The molecule has 2 amide bonds. The Labute approximate surface area is 111 Å². The summed E-state index contributed by atoms with van der Waals surface area (Å²) in [6.07, 6.45) is 1.78. The number of hydrogen-bond donors (Lipinski definition) is 1. The van der Waals surface area contributed by atoms with E-state index in [1.54, 1.807) is 17.0 Å². The number of nitrogens with two attached hydrogens (primary N) is 1. The zero-order valence-electron chi connectivity index (χ0n) is 9.93. The fourth-order valence-electron chi connectivity index (χ4n) is 2.24.